The maximum atomic E-state index is 14.3. The van der Waals surface area contributed by atoms with Crippen molar-refractivity contribution < 1.29 is 17.7 Å². The van der Waals surface area contributed by atoms with Crippen LogP contribution in [0.25, 0.3) is 0 Å². The minimum atomic E-state index is -4.43. The highest BCUT2D eigenvalue weighted by molar-refractivity contribution is 7.85. The summed E-state index contributed by atoms with van der Waals surface area (Å²) in [6.45, 7) is 3.19. The molecule has 0 saturated carbocycles. The molecule has 0 fully saturated rings. The largest absolute Gasteiger partial charge is 0.416 e. The van der Waals surface area contributed by atoms with Gasteiger partial charge in [0.1, 0.15) is 0 Å². The number of benzene rings is 3. The van der Waals surface area contributed by atoms with Crippen molar-refractivity contribution in [1.82, 2.24) is 0 Å². The minimum Gasteiger partial charge on any atom is -0.309 e. The van der Waals surface area contributed by atoms with Gasteiger partial charge in [0.2, 0.25) is 0 Å². The van der Waals surface area contributed by atoms with Crippen LogP contribution < -0.4 is 15.9 Å². The van der Waals surface area contributed by atoms with Crippen LogP contribution in [-0.2, 0) is 10.7 Å². The number of aryl methyl sites for hydroxylation is 2. The lowest BCUT2D eigenvalue weighted by Gasteiger charge is -2.24. The molecule has 26 heavy (non-hydrogen) atoms. The summed E-state index contributed by atoms with van der Waals surface area (Å²) >= 11 is 0. The van der Waals surface area contributed by atoms with Crippen molar-refractivity contribution in [3.8, 4) is 0 Å². The van der Waals surface area contributed by atoms with Crippen LogP contribution in [0.2, 0.25) is 0 Å². The van der Waals surface area contributed by atoms with Gasteiger partial charge < -0.3 is 4.57 Å². The van der Waals surface area contributed by atoms with Gasteiger partial charge >= 0.3 is 6.18 Å². The molecule has 0 spiro atoms. The Balaban J connectivity index is 2.34. The molecular formula is C21H18F3OP. The van der Waals surface area contributed by atoms with Crippen LogP contribution in [0, 0.1) is 13.8 Å². The fourth-order valence-corrected chi connectivity index (χ4v) is 6.42. The van der Waals surface area contributed by atoms with E-state index < -0.39 is 18.9 Å². The number of rotatable bonds is 3. The smallest absolute Gasteiger partial charge is 0.309 e. The van der Waals surface area contributed by atoms with Gasteiger partial charge in [-0.25, -0.2) is 0 Å². The maximum Gasteiger partial charge on any atom is 0.416 e. The van der Waals surface area contributed by atoms with Crippen molar-refractivity contribution in [3.05, 3.63) is 89.5 Å². The van der Waals surface area contributed by atoms with E-state index in [0.29, 0.717) is 27.0 Å². The molecule has 3 aromatic rings. The van der Waals surface area contributed by atoms with Crippen LogP contribution in [0.1, 0.15) is 16.7 Å². The lowest BCUT2D eigenvalue weighted by molar-refractivity contribution is -0.137. The summed E-state index contributed by atoms with van der Waals surface area (Å²) in [7, 11) is -3.29. The first-order valence-electron chi connectivity index (χ1n) is 8.15. The number of hydrogen-bond donors (Lipinski definition) is 0. The number of alkyl halides is 3. The van der Waals surface area contributed by atoms with E-state index >= 15 is 0 Å². The minimum absolute atomic E-state index is 0.383. The molecule has 0 saturated heterocycles. The van der Waals surface area contributed by atoms with Gasteiger partial charge in [-0.2, -0.15) is 13.2 Å². The Morgan fingerprint density at radius 1 is 0.731 bits per heavy atom. The average Bonchev–Trinajstić information content (AvgIpc) is 2.61. The summed E-state index contributed by atoms with van der Waals surface area (Å²) in [5, 5.41) is 1.69. The zero-order chi connectivity index (χ0) is 18.9. The maximum absolute atomic E-state index is 14.3. The second-order valence-corrected chi connectivity index (χ2v) is 8.94. The number of hydrogen-bond acceptors (Lipinski definition) is 1. The van der Waals surface area contributed by atoms with Gasteiger partial charge in [-0.3, -0.25) is 0 Å². The Labute approximate surface area is 150 Å². The normalized spacial score (nSPS) is 12.2. The molecule has 0 N–H and O–H groups in total. The first-order valence-corrected chi connectivity index (χ1v) is 9.85. The quantitative estimate of drug-likeness (QED) is 0.592. The summed E-state index contributed by atoms with van der Waals surface area (Å²) in [6, 6.07) is 20.1. The summed E-state index contributed by atoms with van der Waals surface area (Å²) < 4.78 is 53.8. The molecule has 0 aliphatic rings. The first-order chi connectivity index (χ1) is 12.2. The molecule has 5 heteroatoms. The van der Waals surface area contributed by atoms with E-state index in [1.165, 1.54) is 0 Å². The molecule has 0 unspecified atom stereocenters. The van der Waals surface area contributed by atoms with Crippen molar-refractivity contribution >= 4 is 23.1 Å². The van der Waals surface area contributed by atoms with Crippen LogP contribution in [0.3, 0.4) is 0 Å². The van der Waals surface area contributed by atoms with Gasteiger partial charge in [-0.1, -0.05) is 60.7 Å². The first kappa shape index (κ1) is 18.5. The SMILES string of the molecule is Cc1cc(C(F)(F)F)cc(C)c1P(=O)(c1ccccc1)c1ccccc1. The molecule has 0 heterocycles. The highest BCUT2D eigenvalue weighted by Gasteiger charge is 2.36. The van der Waals surface area contributed by atoms with Crippen molar-refractivity contribution in [2.24, 2.45) is 0 Å². The monoisotopic (exact) mass is 374 g/mol. The van der Waals surface area contributed by atoms with Gasteiger partial charge in [0.05, 0.1) is 5.56 Å². The van der Waals surface area contributed by atoms with Crippen molar-refractivity contribution in [2.45, 2.75) is 20.0 Å². The predicted octanol–water partition coefficient (Wildman–Crippen LogP) is 4.96. The van der Waals surface area contributed by atoms with E-state index in [1.807, 2.05) is 12.1 Å². The summed E-state index contributed by atoms with van der Waals surface area (Å²) in [6.07, 6.45) is -4.43. The van der Waals surface area contributed by atoms with Gasteiger partial charge in [0.25, 0.3) is 0 Å². The third-order valence-electron chi connectivity index (χ3n) is 4.37. The Bertz CT molecular complexity index is 897. The van der Waals surface area contributed by atoms with Gasteiger partial charge in [0.15, 0.2) is 7.14 Å². The van der Waals surface area contributed by atoms with E-state index in [-0.39, 0.29) is 0 Å². The van der Waals surface area contributed by atoms with Crippen LogP contribution in [0.4, 0.5) is 13.2 Å². The van der Waals surface area contributed by atoms with Crippen molar-refractivity contribution in [3.63, 3.8) is 0 Å². The van der Waals surface area contributed by atoms with E-state index in [9.17, 15) is 17.7 Å². The summed E-state index contributed by atoms with van der Waals surface area (Å²) in [5.41, 5.74) is 0.0469. The summed E-state index contributed by atoms with van der Waals surface area (Å²) in [4.78, 5) is 0. The van der Waals surface area contributed by atoms with Crippen LogP contribution in [0.5, 0.6) is 0 Å². The molecule has 0 radical (unpaired) electrons. The highest BCUT2D eigenvalue weighted by atomic mass is 31.2. The fraction of sp³-hybridized carbons (Fsp3) is 0.143. The van der Waals surface area contributed by atoms with Gasteiger partial charge in [-0.05, 0) is 37.1 Å². The Morgan fingerprint density at radius 2 is 1.12 bits per heavy atom. The molecule has 3 aromatic carbocycles. The van der Waals surface area contributed by atoms with Crippen LogP contribution >= 0.6 is 7.14 Å². The zero-order valence-electron chi connectivity index (χ0n) is 14.4. The molecule has 3 rings (SSSR count). The van der Waals surface area contributed by atoms with Gasteiger partial charge in [-0.15, -0.1) is 0 Å². The molecule has 0 bridgehead atoms. The summed E-state index contributed by atoms with van der Waals surface area (Å²) in [5.74, 6) is 0. The topological polar surface area (TPSA) is 17.1 Å². The Hall–Kier alpha value is -2.32. The number of halogens is 3. The average molecular weight is 374 g/mol. The van der Waals surface area contributed by atoms with Crippen LogP contribution in [-0.4, -0.2) is 0 Å². The lowest BCUT2D eigenvalue weighted by atomic mass is 10.1. The third-order valence-corrected chi connectivity index (χ3v) is 7.76. The third kappa shape index (κ3) is 3.22. The van der Waals surface area contributed by atoms with Crippen molar-refractivity contribution in [2.75, 3.05) is 0 Å². The second-order valence-electron chi connectivity index (χ2n) is 6.24. The molecule has 0 aliphatic heterocycles. The zero-order valence-corrected chi connectivity index (χ0v) is 15.3. The Kier molecular flexibility index (Phi) is 4.81. The lowest BCUT2D eigenvalue weighted by Crippen LogP contribution is -2.29. The van der Waals surface area contributed by atoms with Gasteiger partial charge in [0, 0.05) is 15.9 Å². The molecule has 1 nitrogen and oxygen atoms in total. The van der Waals surface area contributed by atoms with Crippen molar-refractivity contribution in [1.29, 1.82) is 0 Å². The fourth-order valence-electron chi connectivity index (χ4n) is 3.30. The van der Waals surface area contributed by atoms with E-state index in [2.05, 4.69) is 0 Å². The van der Waals surface area contributed by atoms with E-state index in [0.717, 1.165) is 12.1 Å². The van der Waals surface area contributed by atoms with Crippen LogP contribution in [0.15, 0.2) is 72.8 Å². The molecule has 0 aliphatic carbocycles. The standard InChI is InChI=1S/C21H18F3OP/c1-15-13-17(21(22,23)24)14-16(2)20(15)26(25,18-9-5-3-6-10-18)19-11-7-4-8-12-19/h3-14H,1-2H3. The van der Waals surface area contributed by atoms with E-state index in [1.54, 1.807) is 62.4 Å². The molecular weight excluding hydrogens is 356 g/mol. The molecule has 0 atom stereocenters. The molecule has 134 valence electrons. The highest BCUT2D eigenvalue weighted by Crippen LogP contribution is 2.45. The second kappa shape index (κ2) is 6.77. The van der Waals surface area contributed by atoms with E-state index in [4.69, 9.17) is 0 Å². The predicted molar refractivity (Wildman–Crippen MR) is 100 cm³/mol. The Morgan fingerprint density at radius 3 is 1.46 bits per heavy atom. The molecule has 0 amide bonds. The molecule has 0 aromatic heterocycles.